The number of carbonyl (C=O) groups is 3. The van der Waals surface area contributed by atoms with Crippen molar-refractivity contribution in [3.63, 3.8) is 0 Å². The molecule has 2 heterocycles. The average Bonchev–Trinajstić information content (AvgIpc) is 3.31. The number of halogens is 2. The lowest BCUT2D eigenvalue weighted by Crippen LogP contribution is -2.53. The number of nitrogens with zero attached hydrogens (tertiary/aromatic N) is 2. The Bertz CT molecular complexity index is 1200. The van der Waals surface area contributed by atoms with E-state index in [1.54, 1.807) is 49.5 Å². The molecule has 10 heteroatoms. The van der Waals surface area contributed by atoms with Crippen LogP contribution < -0.4 is 16.0 Å². The van der Waals surface area contributed by atoms with Crippen LogP contribution in [0, 0.1) is 5.82 Å². The minimum atomic E-state index is -1.60. The monoisotopic (exact) mass is 441 g/mol. The third-order valence-electron chi connectivity index (χ3n) is 5.12. The summed E-state index contributed by atoms with van der Waals surface area (Å²) in [7, 11) is 1.60. The molecular formula is C21H17ClFN5O3. The molecule has 4 rings (SSSR count). The predicted octanol–water partition coefficient (Wildman–Crippen LogP) is 2.34. The summed E-state index contributed by atoms with van der Waals surface area (Å²) in [5.74, 6) is -2.32. The molecule has 0 aliphatic carbocycles. The van der Waals surface area contributed by atoms with Gasteiger partial charge in [-0.1, -0.05) is 48.0 Å². The minimum absolute atomic E-state index is 0.210. The van der Waals surface area contributed by atoms with Crippen LogP contribution in [0.2, 0.25) is 5.02 Å². The van der Waals surface area contributed by atoms with Gasteiger partial charge in [0.25, 0.3) is 11.8 Å². The lowest BCUT2D eigenvalue weighted by molar-refractivity contribution is -0.124. The quantitative estimate of drug-likeness (QED) is 0.528. The normalized spacial score (nSPS) is 17.9. The molecule has 3 N–H and O–H groups in total. The summed E-state index contributed by atoms with van der Waals surface area (Å²) in [5, 5.41) is 11.1. The highest BCUT2D eigenvalue weighted by atomic mass is 35.5. The number of urea groups is 1. The maximum atomic E-state index is 14.9. The van der Waals surface area contributed by atoms with Gasteiger partial charge in [-0.3, -0.25) is 19.6 Å². The molecule has 1 atom stereocenters. The predicted molar refractivity (Wildman–Crippen MR) is 111 cm³/mol. The van der Waals surface area contributed by atoms with E-state index in [9.17, 15) is 18.8 Å². The summed E-state index contributed by atoms with van der Waals surface area (Å²) in [6.45, 7) is -0.330. The molecule has 3 aromatic rings. The van der Waals surface area contributed by atoms with Gasteiger partial charge >= 0.3 is 6.03 Å². The van der Waals surface area contributed by atoms with Crippen LogP contribution in [0.4, 0.5) is 9.18 Å². The molecule has 0 saturated carbocycles. The van der Waals surface area contributed by atoms with Crippen molar-refractivity contribution in [3.05, 3.63) is 76.8 Å². The van der Waals surface area contributed by atoms with Crippen molar-refractivity contribution in [2.24, 2.45) is 7.05 Å². The summed E-state index contributed by atoms with van der Waals surface area (Å²) in [6.07, 6.45) is 1.46. The highest BCUT2D eigenvalue weighted by molar-refractivity contribution is 6.31. The molecular weight excluding hydrogens is 425 g/mol. The van der Waals surface area contributed by atoms with Crippen LogP contribution in [0.15, 0.2) is 54.7 Å². The highest BCUT2D eigenvalue weighted by Crippen LogP contribution is 2.30. The van der Waals surface area contributed by atoms with Crippen LogP contribution in [-0.2, 0) is 17.4 Å². The van der Waals surface area contributed by atoms with E-state index in [1.165, 1.54) is 16.9 Å². The van der Waals surface area contributed by atoms with E-state index in [0.29, 0.717) is 16.8 Å². The van der Waals surface area contributed by atoms with Gasteiger partial charge in [0, 0.05) is 13.2 Å². The fraction of sp³-hybridized carbons (Fsp3) is 0.143. The number of amides is 4. The summed E-state index contributed by atoms with van der Waals surface area (Å²) in [6, 6.07) is 12.6. The van der Waals surface area contributed by atoms with Gasteiger partial charge < -0.3 is 10.6 Å². The summed E-state index contributed by atoms with van der Waals surface area (Å²) >= 11 is 5.93. The zero-order valence-electron chi connectivity index (χ0n) is 16.3. The SMILES string of the molecule is Cn1nccc1C1(CNC(=O)c2c(-c3ccccc3)ccc(Cl)c2F)NC(=O)NC1=O. The first-order chi connectivity index (χ1) is 14.8. The van der Waals surface area contributed by atoms with E-state index in [1.807, 2.05) is 0 Å². The number of nitrogens with one attached hydrogen (secondary N) is 3. The minimum Gasteiger partial charge on any atom is -0.349 e. The average molecular weight is 442 g/mol. The number of benzene rings is 2. The second-order valence-electron chi connectivity index (χ2n) is 6.99. The maximum Gasteiger partial charge on any atom is 0.322 e. The van der Waals surface area contributed by atoms with Crippen molar-refractivity contribution in [1.82, 2.24) is 25.7 Å². The highest BCUT2D eigenvalue weighted by Gasteiger charge is 2.50. The van der Waals surface area contributed by atoms with Gasteiger partial charge in [0.2, 0.25) is 0 Å². The van der Waals surface area contributed by atoms with E-state index in [2.05, 4.69) is 21.0 Å². The van der Waals surface area contributed by atoms with Gasteiger partial charge in [-0.25, -0.2) is 9.18 Å². The molecule has 1 aliphatic heterocycles. The Morgan fingerprint density at radius 3 is 2.55 bits per heavy atom. The first-order valence-corrected chi connectivity index (χ1v) is 9.65. The van der Waals surface area contributed by atoms with Crippen molar-refractivity contribution >= 4 is 29.4 Å². The Morgan fingerprint density at radius 2 is 1.94 bits per heavy atom. The van der Waals surface area contributed by atoms with Gasteiger partial charge in [0.05, 0.1) is 22.8 Å². The van der Waals surface area contributed by atoms with E-state index in [-0.39, 0.29) is 17.1 Å². The van der Waals surface area contributed by atoms with Crippen LogP contribution in [-0.4, -0.2) is 34.2 Å². The molecule has 158 valence electrons. The number of imide groups is 1. The van der Waals surface area contributed by atoms with E-state index < -0.39 is 29.2 Å². The number of aryl methyl sites for hydroxylation is 1. The number of rotatable bonds is 5. The van der Waals surface area contributed by atoms with E-state index in [0.717, 1.165) is 0 Å². The third-order valence-corrected chi connectivity index (χ3v) is 5.41. The summed E-state index contributed by atoms with van der Waals surface area (Å²) in [5.41, 5.74) is -0.541. The van der Waals surface area contributed by atoms with Gasteiger partial charge in [0.1, 0.15) is 0 Å². The number of hydrogen-bond donors (Lipinski definition) is 3. The van der Waals surface area contributed by atoms with Crippen LogP contribution in [0.3, 0.4) is 0 Å². The topological polar surface area (TPSA) is 105 Å². The fourth-order valence-electron chi connectivity index (χ4n) is 3.61. The van der Waals surface area contributed by atoms with Crippen LogP contribution in [0.25, 0.3) is 11.1 Å². The van der Waals surface area contributed by atoms with Gasteiger partial charge in [-0.15, -0.1) is 0 Å². The first-order valence-electron chi connectivity index (χ1n) is 9.27. The second-order valence-corrected chi connectivity index (χ2v) is 7.39. The summed E-state index contributed by atoms with van der Waals surface area (Å²) in [4.78, 5) is 37.6. The summed E-state index contributed by atoms with van der Waals surface area (Å²) < 4.78 is 16.3. The van der Waals surface area contributed by atoms with Crippen molar-refractivity contribution in [2.75, 3.05) is 6.54 Å². The van der Waals surface area contributed by atoms with Crippen molar-refractivity contribution in [2.45, 2.75) is 5.54 Å². The van der Waals surface area contributed by atoms with Gasteiger partial charge in [-0.05, 0) is 23.3 Å². The largest absolute Gasteiger partial charge is 0.349 e. The lowest BCUT2D eigenvalue weighted by atomic mass is 9.94. The Balaban J connectivity index is 1.70. The molecule has 1 fully saturated rings. The molecule has 4 amide bonds. The molecule has 8 nitrogen and oxygen atoms in total. The Kier molecular flexibility index (Phi) is 5.20. The second kappa shape index (κ2) is 7.84. The lowest BCUT2D eigenvalue weighted by Gasteiger charge is -2.26. The zero-order valence-corrected chi connectivity index (χ0v) is 17.0. The first kappa shape index (κ1) is 20.5. The standard InChI is InChI=1S/C21H17ClFN5O3/c1-28-15(9-10-25-28)21(19(30)26-20(31)27-21)11-24-18(29)16-13(7-8-14(22)17(16)23)12-5-3-2-4-6-12/h2-10H,11H2,1H3,(H,24,29)(H2,26,27,30,31). The number of hydrogen-bond acceptors (Lipinski definition) is 4. The third kappa shape index (κ3) is 3.53. The fourth-order valence-corrected chi connectivity index (χ4v) is 3.77. The number of aromatic nitrogens is 2. The Labute approximate surface area is 181 Å². The molecule has 0 bridgehead atoms. The van der Waals surface area contributed by atoms with Crippen molar-refractivity contribution in [1.29, 1.82) is 0 Å². The van der Waals surface area contributed by atoms with E-state index in [4.69, 9.17) is 11.6 Å². The maximum absolute atomic E-state index is 14.9. The number of carbonyl (C=O) groups excluding carboxylic acids is 3. The van der Waals surface area contributed by atoms with Crippen molar-refractivity contribution < 1.29 is 18.8 Å². The van der Waals surface area contributed by atoms with E-state index >= 15 is 0 Å². The Morgan fingerprint density at radius 1 is 1.19 bits per heavy atom. The van der Waals surface area contributed by atoms with Gasteiger partial charge in [0.15, 0.2) is 11.4 Å². The van der Waals surface area contributed by atoms with Crippen LogP contribution >= 0.6 is 11.6 Å². The van der Waals surface area contributed by atoms with Gasteiger partial charge in [-0.2, -0.15) is 5.10 Å². The molecule has 2 aromatic carbocycles. The molecule has 31 heavy (non-hydrogen) atoms. The van der Waals surface area contributed by atoms with Crippen LogP contribution in [0.5, 0.6) is 0 Å². The molecule has 1 unspecified atom stereocenters. The molecule has 1 saturated heterocycles. The van der Waals surface area contributed by atoms with Crippen LogP contribution in [0.1, 0.15) is 16.1 Å². The molecule has 0 radical (unpaired) electrons. The smallest absolute Gasteiger partial charge is 0.322 e. The van der Waals surface area contributed by atoms with Crippen molar-refractivity contribution in [3.8, 4) is 11.1 Å². The molecule has 0 spiro atoms. The molecule has 1 aliphatic rings. The Hall–Kier alpha value is -3.72. The zero-order chi connectivity index (χ0) is 22.2. The molecule has 1 aromatic heterocycles.